The minimum Gasteiger partial charge on any atom is -0.345 e. The highest BCUT2D eigenvalue weighted by Gasteiger charge is 2.17. The monoisotopic (exact) mass is 419 g/mol. The van der Waals surface area contributed by atoms with Crippen molar-refractivity contribution in [2.45, 2.75) is 26.4 Å². The normalized spacial score (nSPS) is 12.3. The number of nitriles is 1. The lowest BCUT2D eigenvalue weighted by Crippen LogP contribution is -2.27. The van der Waals surface area contributed by atoms with Gasteiger partial charge < -0.3 is 9.88 Å². The van der Waals surface area contributed by atoms with Crippen molar-refractivity contribution in [1.29, 1.82) is 5.26 Å². The van der Waals surface area contributed by atoms with Gasteiger partial charge in [0.05, 0.1) is 6.04 Å². The summed E-state index contributed by atoms with van der Waals surface area (Å²) in [5.41, 5.74) is 5.28. The zero-order valence-electron chi connectivity index (χ0n) is 18.2. The molecule has 1 heterocycles. The van der Waals surface area contributed by atoms with Gasteiger partial charge in [-0.15, -0.1) is 0 Å². The fraction of sp³-hybridized carbons (Fsp3) is 0.143. The summed E-state index contributed by atoms with van der Waals surface area (Å²) >= 11 is 0. The van der Waals surface area contributed by atoms with Crippen LogP contribution in [0, 0.1) is 18.3 Å². The maximum absolute atomic E-state index is 12.9. The summed E-state index contributed by atoms with van der Waals surface area (Å²) in [7, 11) is 0. The Kier molecular flexibility index (Phi) is 6.19. The lowest BCUT2D eigenvalue weighted by molar-refractivity contribution is -0.117. The van der Waals surface area contributed by atoms with E-state index in [2.05, 4.69) is 34.2 Å². The quantitative estimate of drug-likeness (QED) is 0.318. The highest BCUT2D eigenvalue weighted by Crippen LogP contribution is 2.29. The second-order valence-electron chi connectivity index (χ2n) is 7.86. The van der Waals surface area contributed by atoms with E-state index in [0.29, 0.717) is 0 Å². The van der Waals surface area contributed by atoms with Gasteiger partial charge in [-0.05, 0) is 37.1 Å². The molecular weight excluding hydrogens is 394 g/mol. The molecule has 1 amide bonds. The van der Waals surface area contributed by atoms with Gasteiger partial charge in [0.2, 0.25) is 0 Å². The zero-order valence-corrected chi connectivity index (χ0v) is 18.2. The van der Waals surface area contributed by atoms with Gasteiger partial charge in [-0.3, -0.25) is 4.79 Å². The Morgan fingerprint density at radius 1 is 1.00 bits per heavy atom. The molecule has 158 valence electrons. The third-order valence-corrected chi connectivity index (χ3v) is 5.76. The average molecular weight is 420 g/mol. The van der Waals surface area contributed by atoms with Crippen LogP contribution in [-0.4, -0.2) is 10.5 Å². The summed E-state index contributed by atoms with van der Waals surface area (Å²) in [6.45, 7) is 4.67. The van der Waals surface area contributed by atoms with E-state index in [0.717, 1.165) is 34.3 Å². The van der Waals surface area contributed by atoms with Crippen molar-refractivity contribution >= 4 is 22.9 Å². The number of amides is 1. The molecule has 1 aromatic heterocycles. The number of fused-ring (bicyclic) bond motifs is 1. The van der Waals surface area contributed by atoms with Crippen molar-refractivity contribution in [3.8, 4) is 6.07 Å². The van der Waals surface area contributed by atoms with E-state index >= 15 is 0 Å². The number of carbonyl (C=O) groups is 1. The summed E-state index contributed by atoms with van der Waals surface area (Å²) in [6, 6.07) is 30.0. The van der Waals surface area contributed by atoms with Crippen molar-refractivity contribution in [2.75, 3.05) is 0 Å². The number of carbonyl (C=O) groups excluding carboxylic acids is 1. The van der Waals surface area contributed by atoms with Crippen LogP contribution in [0.25, 0.3) is 17.0 Å². The van der Waals surface area contributed by atoms with Crippen molar-refractivity contribution in [3.63, 3.8) is 0 Å². The number of aromatic nitrogens is 1. The largest absolute Gasteiger partial charge is 0.345 e. The van der Waals surface area contributed by atoms with Crippen molar-refractivity contribution in [1.82, 2.24) is 9.88 Å². The molecule has 4 rings (SSSR count). The fourth-order valence-electron chi connectivity index (χ4n) is 4.00. The molecule has 0 aliphatic rings. The van der Waals surface area contributed by atoms with Gasteiger partial charge in [0.15, 0.2) is 0 Å². The van der Waals surface area contributed by atoms with Crippen LogP contribution in [0.3, 0.4) is 0 Å². The molecule has 4 heteroatoms. The van der Waals surface area contributed by atoms with Crippen molar-refractivity contribution < 1.29 is 4.79 Å². The van der Waals surface area contributed by atoms with Gasteiger partial charge in [0.1, 0.15) is 11.6 Å². The topological polar surface area (TPSA) is 57.8 Å². The first-order valence-electron chi connectivity index (χ1n) is 10.7. The molecule has 0 fully saturated rings. The molecule has 0 bridgehead atoms. The number of hydrogen-bond acceptors (Lipinski definition) is 2. The van der Waals surface area contributed by atoms with Gasteiger partial charge in [0.25, 0.3) is 5.91 Å². The van der Waals surface area contributed by atoms with Crippen LogP contribution in [0.1, 0.15) is 35.3 Å². The van der Waals surface area contributed by atoms with Crippen molar-refractivity contribution in [2.24, 2.45) is 0 Å². The van der Waals surface area contributed by atoms with E-state index in [1.807, 2.05) is 80.6 Å². The summed E-state index contributed by atoms with van der Waals surface area (Å²) in [5.74, 6) is -0.372. The number of rotatable bonds is 6. The molecule has 4 aromatic rings. The Balaban J connectivity index is 1.69. The predicted octanol–water partition coefficient (Wildman–Crippen LogP) is 5.78. The maximum atomic E-state index is 12.9. The molecule has 1 atom stereocenters. The van der Waals surface area contributed by atoms with E-state index in [1.165, 1.54) is 5.56 Å². The smallest absolute Gasteiger partial charge is 0.262 e. The van der Waals surface area contributed by atoms with E-state index < -0.39 is 0 Å². The van der Waals surface area contributed by atoms with Gasteiger partial charge in [-0.2, -0.15) is 5.26 Å². The Morgan fingerprint density at radius 3 is 2.31 bits per heavy atom. The fourth-order valence-corrected chi connectivity index (χ4v) is 4.00. The first kappa shape index (κ1) is 21.1. The highest BCUT2D eigenvalue weighted by molar-refractivity contribution is 6.04. The van der Waals surface area contributed by atoms with Gasteiger partial charge in [-0.1, -0.05) is 78.9 Å². The number of hydrogen-bond donors (Lipinski definition) is 1. The number of nitrogens with zero attached hydrogens (tertiary/aromatic N) is 2. The Labute approximate surface area is 188 Å². The van der Waals surface area contributed by atoms with Crippen LogP contribution in [-0.2, 0) is 11.3 Å². The Bertz CT molecular complexity index is 1310. The van der Waals surface area contributed by atoms with Crippen LogP contribution in [0.15, 0.2) is 90.5 Å². The Hall–Kier alpha value is -4.10. The molecule has 0 aliphatic carbocycles. The molecule has 0 saturated carbocycles. The van der Waals surface area contributed by atoms with Gasteiger partial charge in [0, 0.05) is 28.7 Å². The standard InChI is InChI=1S/C28H25N3O/c1-20(23-13-7-4-8-14-23)30-28(32)24(18-29)17-26-21(2)31(19-22-11-5-3-6-12-22)27-16-10-9-15-25(26)27/h3-17,20H,19H2,1-2H3,(H,30,32)/b24-17+/t20-/m1/s1. The first-order chi connectivity index (χ1) is 15.6. The molecule has 1 N–H and O–H groups in total. The second kappa shape index (κ2) is 9.36. The summed E-state index contributed by atoms with van der Waals surface area (Å²) < 4.78 is 2.23. The molecule has 0 unspecified atom stereocenters. The van der Waals surface area contributed by atoms with Crippen LogP contribution < -0.4 is 5.32 Å². The summed E-state index contributed by atoms with van der Waals surface area (Å²) in [5, 5.41) is 13.7. The van der Waals surface area contributed by atoms with E-state index in [4.69, 9.17) is 0 Å². The molecule has 4 nitrogen and oxygen atoms in total. The van der Waals surface area contributed by atoms with Gasteiger partial charge in [-0.25, -0.2) is 0 Å². The molecular formula is C28H25N3O. The maximum Gasteiger partial charge on any atom is 0.262 e. The lowest BCUT2D eigenvalue weighted by atomic mass is 10.1. The van der Waals surface area contributed by atoms with E-state index in [9.17, 15) is 10.1 Å². The minimum atomic E-state index is -0.372. The van der Waals surface area contributed by atoms with Crippen LogP contribution in [0.4, 0.5) is 0 Å². The molecule has 0 radical (unpaired) electrons. The third-order valence-electron chi connectivity index (χ3n) is 5.76. The van der Waals surface area contributed by atoms with Crippen LogP contribution >= 0.6 is 0 Å². The minimum absolute atomic E-state index is 0.0958. The number of para-hydroxylation sites is 1. The van der Waals surface area contributed by atoms with E-state index in [-0.39, 0.29) is 17.5 Å². The van der Waals surface area contributed by atoms with Crippen LogP contribution in [0.5, 0.6) is 0 Å². The third kappa shape index (κ3) is 4.33. The Morgan fingerprint density at radius 2 is 1.62 bits per heavy atom. The predicted molar refractivity (Wildman–Crippen MR) is 129 cm³/mol. The highest BCUT2D eigenvalue weighted by atomic mass is 16.1. The lowest BCUT2D eigenvalue weighted by Gasteiger charge is -2.13. The molecule has 0 saturated heterocycles. The van der Waals surface area contributed by atoms with Gasteiger partial charge >= 0.3 is 0 Å². The first-order valence-corrected chi connectivity index (χ1v) is 10.7. The van der Waals surface area contributed by atoms with Crippen LogP contribution in [0.2, 0.25) is 0 Å². The number of nitrogens with one attached hydrogen (secondary N) is 1. The van der Waals surface area contributed by atoms with E-state index in [1.54, 1.807) is 6.08 Å². The van der Waals surface area contributed by atoms with Crippen molar-refractivity contribution in [3.05, 3.63) is 113 Å². The second-order valence-corrected chi connectivity index (χ2v) is 7.86. The molecule has 0 spiro atoms. The molecule has 0 aliphatic heterocycles. The molecule has 3 aromatic carbocycles. The summed E-state index contributed by atoms with van der Waals surface area (Å²) in [4.78, 5) is 12.9. The number of benzene rings is 3. The molecule has 32 heavy (non-hydrogen) atoms. The average Bonchev–Trinajstić information content (AvgIpc) is 3.09. The summed E-state index contributed by atoms with van der Waals surface area (Å²) in [6.07, 6.45) is 1.71. The SMILES string of the molecule is Cc1c(/C=C(\C#N)C(=O)N[C@H](C)c2ccccc2)c2ccccc2n1Cc1ccccc1. The zero-order chi connectivity index (χ0) is 22.5.